The van der Waals surface area contributed by atoms with Gasteiger partial charge >= 0.3 is 0 Å². The Morgan fingerprint density at radius 1 is 1.17 bits per heavy atom. The molecule has 4 rings (SSSR count). The van der Waals surface area contributed by atoms with Crippen molar-refractivity contribution in [1.29, 1.82) is 0 Å². The molecule has 24 heavy (non-hydrogen) atoms. The van der Waals surface area contributed by atoms with Crippen LogP contribution in [0.4, 0.5) is 0 Å². The van der Waals surface area contributed by atoms with Crippen LogP contribution in [0.15, 0.2) is 47.5 Å². The smallest absolute Gasteiger partial charge is 0.155 e. The molecule has 0 aliphatic carbocycles. The minimum absolute atomic E-state index is 0.00241. The maximum Gasteiger partial charge on any atom is 0.155 e. The van der Waals surface area contributed by atoms with E-state index in [-0.39, 0.29) is 5.25 Å². The SMILES string of the molecule is COCC1SC(N)=NC12c1ccccc1Oc1cccc(OC)c12. The summed E-state index contributed by atoms with van der Waals surface area (Å²) in [5.41, 5.74) is 7.35. The normalized spacial score (nSPS) is 24.1. The zero-order valence-electron chi connectivity index (χ0n) is 13.5. The van der Waals surface area contributed by atoms with E-state index in [0.29, 0.717) is 11.8 Å². The number of thioether (sulfide) groups is 1. The monoisotopic (exact) mass is 342 g/mol. The number of ether oxygens (including phenoxy) is 3. The highest BCUT2D eigenvalue weighted by atomic mass is 32.2. The summed E-state index contributed by atoms with van der Waals surface area (Å²) >= 11 is 1.53. The zero-order valence-corrected chi connectivity index (χ0v) is 14.3. The highest BCUT2D eigenvalue weighted by Crippen LogP contribution is 2.58. The topological polar surface area (TPSA) is 66.1 Å². The number of amidine groups is 1. The molecular formula is C18H18N2O3S. The minimum Gasteiger partial charge on any atom is -0.496 e. The van der Waals surface area contributed by atoms with E-state index in [2.05, 4.69) is 0 Å². The summed E-state index contributed by atoms with van der Waals surface area (Å²) in [5.74, 6) is 2.27. The Kier molecular flexibility index (Phi) is 3.66. The minimum atomic E-state index is -0.679. The second-order valence-corrected chi connectivity index (χ2v) is 6.93. The highest BCUT2D eigenvalue weighted by molar-refractivity contribution is 8.14. The van der Waals surface area contributed by atoms with Crippen molar-refractivity contribution >= 4 is 16.9 Å². The van der Waals surface area contributed by atoms with Crippen LogP contribution in [0.5, 0.6) is 17.2 Å². The van der Waals surface area contributed by atoms with Gasteiger partial charge in [0.25, 0.3) is 0 Å². The number of hydrogen-bond donors (Lipinski definition) is 1. The lowest BCUT2D eigenvalue weighted by atomic mass is 9.77. The van der Waals surface area contributed by atoms with Gasteiger partial charge in [0.15, 0.2) is 5.17 Å². The summed E-state index contributed by atoms with van der Waals surface area (Å²) in [7, 11) is 3.35. The summed E-state index contributed by atoms with van der Waals surface area (Å²) in [4.78, 5) is 4.89. The molecule has 0 bridgehead atoms. The van der Waals surface area contributed by atoms with E-state index < -0.39 is 5.54 Å². The van der Waals surface area contributed by atoms with Crippen LogP contribution in [0.3, 0.4) is 0 Å². The zero-order chi connectivity index (χ0) is 16.7. The van der Waals surface area contributed by atoms with Gasteiger partial charge in [-0.05, 0) is 18.2 Å². The third-order valence-electron chi connectivity index (χ3n) is 4.44. The Bertz CT molecular complexity index is 824. The van der Waals surface area contributed by atoms with Crippen LogP contribution in [0.2, 0.25) is 0 Å². The van der Waals surface area contributed by atoms with E-state index in [4.69, 9.17) is 24.9 Å². The lowest BCUT2D eigenvalue weighted by Gasteiger charge is -2.39. The molecule has 0 saturated heterocycles. The first-order chi connectivity index (χ1) is 11.7. The predicted octanol–water partition coefficient (Wildman–Crippen LogP) is 3.12. The average molecular weight is 342 g/mol. The van der Waals surface area contributed by atoms with Crippen molar-refractivity contribution in [2.75, 3.05) is 20.8 Å². The Labute approximate surface area is 144 Å². The van der Waals surface area contributed by atoms with Crippen molar-refractivity contribution < 1.29 is 14.2 Å². The highest BCUT2D eigenvalue weighted by Gasteiger charge is 2.54. The van der Waals surface area contributed by atoms with Gasteiger partial charge in [0.2, 0.25) is 0 Å². The number of para-hydroxylation sites is 1. The number of aliphatic imine (C=N–C) groups is 1. The quantitative estimate of drug-likeness (QED) is 0.928. The van der Waals surface area contributed by atoms with E-state index in [1.54, 1.807) is 14.2 Å². The van der Waals surface area contributed by atoms with Gasteiger partial charge in [0.05, 0.1) is 24.5 Å². The molecule has 0 radical (unpaired) electrons. The summed E-state index contributed by atoms with van der Waals surface area (Å²) in [5, 5.41) is 0.549. The third-order valence-corrected chi connectivity index (χ3v) is 5.53. The van der Waals surface area contributed by atoms with Gasteiger partial charge in [-0.25, -0.2) is 4.99 Å². The van der Waals surface area contributed by atoms with Crippen LogP contribution in [0, 0.1) is 0 Å². The third kappa shape index (κ3) is 2.03. The number of hydrogen-bond acceptors (Lipinski definition) is 6. The Hall–Kier alpha value is -2.18. The molecule has 2 atom stereocenters. The first-order valence-electron chi connectivity index (χ1n) is 7.66. The number of benzene rings is 2. The number of nitrogens with zero attached hydrogens (tertiary/aromatic N) is 1. The lowest BCUT2D eigenvalue weighted by Crippen LogP contribution is -2.39. The van der Waals surface area contributed by atoms with Crippen LogP contribution in [0.25, 0.3) is 0 Å². The van der Waals surface area contributed by atoms with Crippen LogP contribution in [0.1, 0.15) is 11.1 Å². The molecule has 2 N–H and O–H groups in total. The molecule has 6 heteroatoms. The van der Waals surface area contributed by atoms with Crippen LogP contribution in [-0.2, 0) is 10.3 Å². The number of rotatable bonds is 3. The van der Waals surface area contributed by atoms with Crippen molar-refractivity contribution in [3.8, 4) is 17.2 Å². The molecule has 2 heterocycles. The first kappa shape index (κ1) is 15.4. The molecule has 0 aromatic heterocycles. The summed E-state index contributed by atoms with van der Waals surface area (Å²) in [6.45, 7) is 0.515. The molecule has 2 aliphatic heterocycles. The van der Waals surface area contributed by atoms with Crippen molar-refractivity contribution in [2.24, 2.45) is 10.7 Å². The molecule has 0 saturated carbocycles. The fourth-order valence-electron chi connectivity index (χ4n) is 3.53. The van der Waals surface area contributed by atoms with Gasteiger partial charge in [-0.2, -0.15) is 0 Å². The van der Waals surface area contributed by atoms with Gasteiger partial charge in [-0.15, -0.1) is 0 Å². The fraction of sp³-hybridized carbons (Fsp3) is 0.278. The first-order valence-corrected chi connectivity index (χ1v) is 8.54. The maximum absolute atomic E-state index is 6.14. The van der Waals surface area contributed by atoms with Gasteiger partial charge in [0.1, 0.15) is 22.8 Å². The van der Waals surface area contributed by atoms with Crippen molar-refractivity contribution in [3.63, 3.8) is 0 Å². The number of nitrogens with two attached hydrogens (primary N) is 1. The summed E-state index contributed by atoms with van der Waals surface area (Å²) in [6.07, 6.45) is 0. The summed E-state index contributed by atoms with van der Waals surface area (Å²) in [6, 6.07) is 13.7. The predicted molar refractivity (Wildman–Crippen MR) is 95.2 cm³/mol. The van der Waals surface area contributed by atoms with E-state index >= 15 is 0 Å². The maximum atomic E-state index is 6.14. The van der Waals surface area contributed by atoms with E-state index in [1.165, 1.54) is 11.8 Å². The van der Waals surface area contributed by atoms with E-state index in [0.717, 1.165) is 28.4 Å². The second kappa shape index (κ2) is 5.72. The number of methoxy groups -OCH3 is 2. The fourth-order valence-corrected chi connectivity index (χ4v) is 4.69. The van der Waals surface area contributed by atoms with E-state index in [9.17, 15) is 0 Å². The standard InChI is InChI=1S/C18H18N2O3S/c1-21-10-15-18(20-17(19)24-15)11-6-3-4-7-12(11)23-14-9-5-8-13(22-2)16(14)18/h3-9,15H,10H2,1-2H3,(H2,19,20). The summed E-state index contributed by atoms with van der Waals surface area (Å²) < 4.78 is 17.2. The average Bonchev–Trinajstić information content (AvgIpc) is 2.91. The molecule has 2 aromatic carbocycles. The molecule has 1 spiro atoms. The molecule has 5 nitrogen and oxygen atoms in total. The Morgan fingerprint density at radius 2 is 1.96 bits per heavy atom. The molecule has 124 valence electrons. The molecule has 2 unspecified atom stereocenters. The molecular weight excluding hydrogens is 324 g/mol. The second-order valence-electron chi connectivity index (χ2n) is 5.71. The van der Waals surface area contributed by atoms with Crippen molar-refractivity contribution in [1.82, 2.24) is 0 Å². The number of fused-ring (bicyclic) bond motifs is 4. The largest absolute Gasteiger partial charge is 0.496 e. The van der Waals surface area contributed by atoms with Crippen molar-refractivity contribution in [3.05, 3.63) is 53.6 Å². The van der Waals surface area contributed by atoms with Crippen LogP contribution in [-0.4, -0.2) is 31.2 Å². The van der Waals surface area contributed by atoms with Crippen LogP contribution >= 0.6 is 11.8 Å². The van der Waals surface area contributed by atoms with Crippen LogP contribution < -0.4 is 15.2 Å². The van der Waals surface area contributed by atoms with Gasteiger partial charge in [-0.1, -0.05) is 36.0 Å². The Morgan fingerprint density at radius 3 is 2.75 bits per heavy atom. The van der Waals surface area contributed by atoms with Gasteiger partial charge in [-0.3, -0.25) is 0 Å². The molecule has 2 aromatic rings. The van der Waals surface area contributed by atoms with E-state index in [1.807, 2.05) is 42.5 Å². The van der Waals surface area contributed by atoms with Gasteiger partial charge in [0, 0.05) is 12.7 Å². The Balaban J connectivity index is 2.06. The molecule has 0 amide bonds. The molecule has 0 fully saturated rings. The van der Waals surface area contributed by atoms with Gasteiger partial charge < -0.3 is 19.9 Å². The lowest BCUT2D eigenvalue weighted by molar-refractivity contribution is 0.180. The molecule has 2 aliphatic rings. The van der Waals surface area contributed by atoms with Crippen molar-refractivity contribution in [2.45, 2.75) is 10.8 Å².